The van der Waals surface area contributed by atoms with Crippen LogP contribution in [0.15, 0.2) is 69.9 Å². The van der Waals surface area contributed by atoms with Gasteiger partial charge in [-0.15, -0.1) is 0 Å². The van der Waals surface area contributed by atoms with E-state index in [4.69, 9.17) is 25.5 Å². The van der Waals surface area contributed by atoms with Gasteiger partial charge in [0.05, 0.1) is 12.5 Å². The zero-order valence-corrected chi connectivity index (χ0v) is 17.7. The van der Waals surface area contributed by atoms with E-state index in [9.17, 15) is 4.79 Å². The van der Waals surface area contributed by atoms with Crippen LogP contribution in [0.1, 0.15) is 16.7 Å². The van der Waals surface area contributed by atoms with Gasteiger partial charge in [-0.2, -0.15) is 0 Å². The van der Waals surface area contributed by atoms with E-state index in [1.807, 2.05) is 68.4 Å². The lowest BCUT2D eigenvalue weighted by molar-refractivity contribution is 0.298. The van der Waals surface area contributed by atoms with Crippen molar-refractivity contribution >= 4 is 22.6 Å². The summed E-state index contributed by atoms with van der Waals surface area (Å²) in [6, 6.07) is 18.5. The second kappa shape index (κ2) is 8.25. The highest BCUT2D eigenvalue weighted by molar-refractivity contribution is 6.31. The molecule has 0 saturated carbocycles. The minimum absolute atomic E-state index is 0.157. The Morgan fingerprint density at radius 2 is 1.73 bits per heavy atom. The third-order valence-corrected chi connectivity index (χ3v) is 5.33. The number of halogens is 1. The van der Waals surface area contributed by atoms with Crippen LogP contribution in [0.5, 0.6) is 11.5 Å². The SMILES string of the molecule is COc1ccc(-c2oc3c(C)cc(C)cc3c(=O)c2OCc2ccccc2Cl)cc1. The lowest BCUT2D eigenvalue weighted by Crippen LogP contribution is -2.11. The molecule has 0 fully saturated rings. The maximum absolute atomic E-state index is 13.4. The molecule has 4 aromatic rings. The summed E-state index contributed by atoms with van der Waals surface area (Å²) < 4.78 is 17.5. The first-order valence-corrected chi connectivity index (χ1v) is 9.94. The largest absolute Gasteiger partial charge is 0.497 e. The lowest BCUT2D eigenvalue weighted by Gasteiger charge is -2.14. The van der Waals surface area contributed by atoms with E-state index in [1.165, 1.54) is 0 Å². The van der Waals surface area contributed by atoms with Gasteiger partial charge in [-0.25, -0.2) is 0 Å². The maximum Gasteiger partial charge on any atom is 0.235 e. The zero-order valence-electron chi connectivity index (χ0n) is 17.0. The van der Waals surface area contributed by atoms with Gasteiger partial charge in [0.25, 0.3) is 0 Å². The Labute approximate surface area is 179 Å². The van der Waals surface area contributed by atoms with Gasteiger partial charge in [0, 0.05) is 16.1 Å². The van der Waals surface area contributed by atoms with Crippen molar-refractivity contribution in [1.82, 2.24) is 0 Å². The van der Waals surface area contributed by atoms with Gasteiger partial charge in [0.1, 0.15) is 17.9 Å². The summed E-state index contributed by atoms with van der Waals surface area (Å²) in [4.78, 5) is 13.4. The highest BCUT2D eigenvalue weighted by atomic mass is 35.5. The van der Waals surface area contributed by atoms with Gasteiger partial charge in [-0.1, -0.05) is 35.9 Å². The standard InChI is InChI=1S/C25H21ClO4/c1-15-12-16(2)23-20(13-15)22(27)25(29-14-18-6-4-5-7-21(18)26)24(30-23)17-8-10-19(28-3)11-9-17/h4-13H,14H2,1-3H3. The average Bonchev–Trinajstić information content (AvgIpc) is 2.74. The van der Waals surface area contributed by atoms with E-state index in [0.29, 0.717) is 27.5 Å². The first-order chi connectivity index (χ1) is 14.5. The van der Waals surface area contributed by atoms with Gasteiger partial charge in [-0.3, -0.25) is 4.79 Å². The maximum atomic E-state index is 13.4. The van der Waals surface area contributed by atoms with Crippen molar-refractivity contribution in [1.29, 1.82) is 0 Å². The molecule has 0 aliphatic rings. The summed E-state index contributed by atoms with van der Waals surface area (Å²) in [7, 11) is 1.61. The van der Waals surface area contributed by atoms with Crippen molar-refractivity contribution in [2.75, 3.05) is 7.11 Å². The second-order valence-electron chi connectivity index (χ2n) is 7.16. The molecular formula is C25H21ClO4. The molecule has 0 atom stereocenters. The molecule has 1 heterocycles. The van der Waals surface area contributed by atoms with Crippen LogP contribution in [0, 0.1) is 13.8 Å². The molecule has 152 valence electrons. The molecule has 0 saturated heterocycles. The molecule has 1 aromatic heterocycles. The highest BCUT2D eigenvalue weighted by Crippen LogP contribution is 2.34. The molecule has 0 N–H and O–H groups in total. The monoisotopic (exact) mass is 420 g/mol. The summed E-state index contributed by atoms with van der Waals surface area (Å²) in [5.74, 6) is 1.26. The molecule has 0 amide bonds. The summed E-state index contributed by atoms with van der Waals surface area (Å²) in [5.41, 5.74) is 3.75. The predicted molar refractivity (Wildman–Crippen MR) is 120 cm³/mol. The van der Waals surface area contributed by atoms with Gasteiger partial charge < -0.3 is 13.9 Å². The van der Waals surface area contributed by atoms with Crippen LogP contribution in [0.2, 0.25) is 5.02 Å². The Balaban J connectivity index is 1.89. The average molecular weight is 421 g/mol. The molecule has 0 unspecified atom stereocenters. The Hall–Kier alpha value is -3.24. The quantitative estimate of drug-likeness (QED) is 0.379. The topological polar surface area (TPSA) is 48.7 Å². The Kier molecular flexibility index (Phi) is 5.51. The van der Waals surface area contributed by atoms with Crippen molar-refractivity contribution in [2.24, 2.45) is 0 Å². The van der Waals surface area contributed by atoms with Crippen molar-refractivity contribution < 1.29 is 13.9 Å². The molecule has 0 aliphatic heterocycles. The normalized spacial score (nSPS) is 10.9. The van der Waals surface area contributed by atoms with Crippen LogP contribution in [0.25, 0.3) is 22.3 Å². The number of methoxy groups -OCH3 is 1. The summed E-state index contributed by atoms with van der Waals surface area (Å²) in [6.45, 7) is 4.04. The summed E-state index contributed by atoms with van der Waals surface area (Å²) in [5, 5.41) is 1.08. The van der Waals surface area contributed by atoms with E-state index >= 15 is 0 Å². The Morgan fingerprint density at radius 3 is 2.43 bits per heavy atom. The smallest absolute Gasteiger partial charge is 0.235 e. The number of fused-ring (bicyclic) bond motifs is 1. The number of rotatable bonds is 5. The molecular weight excluding hydrogens is 400 g/mol. The Morgan fingerprint density at radius 1 is 1.00 bits per heavy atom. The molecule has 4 rings (SSSR count). The third-order valence-electron chi connectivity index (χ3n) is 4.96. The summed E-state index contributed by atoms with van der Waals surface area (Å²) in [6.07, 6.45) is 0. The highest BCUT2D eigenvalue weighted by Gasteiger charge is 2.19. The first kappa shape index (κ1) is 20.0. The molecule has 0 bridgehead atoms. The second-order valence-corrected chi connectivity index (χ2v) is 7.56. The lowest BCUT2D eigenvalue weighted by atomic mass is 10.1. The number of aryl methyl sites for hydroxylation is 2. The summed E-state index contributed by atoms with van der Waals surface area (Å²) >= 11 is 6.26. The van der Waals surface area contributed by atoms with Crippen LogP contribution >= 0.6 is 11.6 Å². The third kappa shape index (κ3) is 3.79. The molecule has 0 radical (unpaired) electrons. The van der Waals surface area contributed by atoms with Gasteiger partial charge in [0.15, 0.2) is 5.76 Å². The van der Waals surface area contributed by atoms with Crippen molar-refractivity contribution in [3.63, 3.8) is 0 Å². The number of benzene rings is 3. The van der Waals surface area contributed by atoms with Crippen LogP contribution < -0.4 is 14.9 Å². The molecule has 5 heteroatoms. The Bertz CT molecular complexity index is 1270. The van der Waals surface area contributed by atoms with Crippen LogP contribution in [-0.2, 0) is 6.61 Å². The fraction of sp³-hybridized carbons (Fsp3) is 0.160. The van der Waals surface area contributed by atoms with Crippen molar-refractivity contribution in [3.05, 3.63) is 92.6 Å². The van der Waals surface area contributed by atoms with Crippen LogP contribution in [0.3, 0.4) is 0 Å². The van der Waals surface area contributed by atoms with E-state index in [2.05, 4.69) is 0 Å². The minimum Gasteiger partial charge on any atom is -0.497 e. The molecule has 0 spiro atoms. The fourth-order valence-corrected chi connectivity index (χ4v) is 3.65. The van der Waals surface area contributed by atoms with Gasteiger partial charge in [-0.05, 0) is 61.4 Å². The van der Waals surface area contributed by atoms with Crippen LogP contribution in [-0.4, -0.2) is 7.11 Å². The van der Waals surface area contributed by atoms with Gasteiger partial charge >= 0.3 is 0 Å². The molecule has 0 aliphatic carbocycles. The molecule has 4 nitrogen and oxygen atoms in total. The van der Waals surface area contributed by atoms with E-state index < -0.39 is 0 Å². The number of ether oxygens (including phenoxy) is 2. The molecule has 3 aromatic carbocycles. The van der Waals surface area contributed by atoms with Crippen molar-refractivity contribution in [3.8, 4) is 22.8 Å². The van der Waals surface area contributed by atoms with Gasteiger partial charge in [0.2, 0.25) is 11.2 Å². The minimum atomic E-state index is -0.207. The van der Waals surface area contributed by atoms with Crippen molar-refractivity contribution in [2.45, 2.75) is 20.5 Å². The first-order valence-electron chi connectivity index (χ1n) is 9.56. The predicted octanol–water partition coefficient (Wildman–Crippen LogP) is 6.32. The number of hydrogen-bond acceptors (Lipinski definition) is 4. The number of hydrogen-bond donors (Lipinski definition) is 0. The molecule has 30 heavy (non-hydrogen) atoms. The van der Waals surface area contributed by atoms with Crippen LogP contribution in [0.4, 0.5) is 0 Å². The fourth-order valence-electron chi connectivity index (χ4n) is 3.46. The van der Waals surface area contributed by atoms with E-state index in [0.717, 1.165) is 22.3 Å². The van der Waals surface area contributed by atoms with E-state index in [-0.39, 0.29) is 17.8 Å². The zero-order chi connectivity index (χ0) is 21.3. The van der Waals surface area contributed by atoms with E-state index in [1.54, 1.807) is 13.2 Å².